The molecule has 0 unspecified atom stereocenters. The number of hydrogen-bond acceptors (Lipinski definition) is 5. The van der Waals surface area contributed by atoms with Crippen molar-refractivity contribution in [2.45, 2.75) is 19.8 Å². The van der Waals surface area contributed by atoms with E-state index in [9.17, 15) is 14.7 Å². The number of hydrogen-bond donors (Lipinski definition) is 2. The third-order valence-corrected chi connectivity index (χ3v) is 5.54. The third-order valence-electron chi connectivity index (χ3n) is 4.54. The van der Waals surface area contributed by atoms with Gasteiger partial charge in [0, 0.05) is 12.6 Å². The van der Waals surface area contributed by atoms with Crippen LogP contribution < -0.4 is 0 Å². The van der Waals surface area contributed by atoms with Gasteiger partial charge in [0.25, 0.3) is 5.91 Å². The van der Waals surface area contributed by atoms with Gasteiger partial charge in [0.05, 0.1) is 10.6 Å². The highest BCUT2D eigenvalue weighted by molar-refractivity contribution is 8.18. The van der Waals surface area contributed by atoms with E-state index in [0.717, 1.165) is 5.56 Å². The fourth-order valence-electron chi connectivity index (χ4n) is 2.89. The lowest BCUT2D eigenvalue weighted by molar-refractivity contribution is -0.121. The first-order valence-electron chi connectivity index (χ1n) is 9.37. The molecule has 7 heteroatoms. The maximum atomic E-state index is 12.9. The fourth-order valence-corrected chi connectivity index (χ4v) is 3.90. The summed E-state index contributed by atoms with van der Waals surface area (Å²) in [6, 6.07) is 12.1. The van der Waals surface area contributed by atoms with Crippen LogP contribution in [-0.4, -0.2) is 38.7 Å². The van der Waals surface area contributed by atoms with Crippen molar-refractivity contribution in [3.05, 3.63) is 76.7 Å². The number of aromatic hydroxyl groups is 1. The number of carboxylic acids is 1. The van der Waals surface area contributed by atoms with Crippen molar-refractivity contribution in [1.82, 2.24) is 4.90 Å². The Balaban J connectivity index is 1.92. The first kappa shape index (κ1) is 21.4. The molecule has 0 spiro atoms. The second kappa shape index (κ2) is 9.00. The van der Waals surface area contributed by atoms with Gasteiger partial charge in [0.1, 0.15) is 11.3 Å². The van der Waals surface area contributed by atoms with Gasteiger partial charge in [-0.25, -0.2) is 9.79 Å². The number of nitrogens with zero attached hydrogens (tertiary/aromatic N) is 2. The first-order chi connectivity index (χ1) is 14.3. The van der Waals surface area contributed by atoms with Crippen molar-refractivity contribution < 1.29 is 19.8 Å². The number of rotatable bonds is 6. The summed E-state index contributed by atoms with van der Waals surface area (Å²) in [5.41, 5.74) is 2.29. The number of aliphatic imine (C=N–C) groups is 1. The molecule has 0 bridgehead atoms. The standard InChI is InChI=1S/C23H22N2O4S/c1-4-11-25-21(27)20(12-15-5-7-16(8-6-15)14(2)3)30-23(25)24-17-9-10-18(22(28)29)19(26)13-17/h4-10,12-14,26H,1,11H2,2-3H3,(H,28,29)/b20-12-,24-23?. The average Bonchev–Trinajstić information content (AvgIpc) is 2.97. The summed E-state index contributed by atoms with van der Waals surface area (Å²) in [7, 11) is 0. The first-order valence-corrected chi connectivity index (χ1v) is 10.2. The zero-order valence-electron chi connectivity index (χ0n) is 16.7. The lowest BCUT2D eigenvalue weighted by Gasteiger charge is -2.12. The minimum absolute atomic E-state index is 0.182. The van der Waals surface area contributed by atoms with Crippen molar-refractivity contribution in [1.29, 1.82) is 0 Å². The number of carboxylic acid groups (broad SMARTS) is 1. The second-order valence-corrected chi connectivity index (χ2v) is 8.05. The van der Waals surface area contributed by atoms with Crippen LogP contribution in [0.25, 0.3) is 6.08 Å². The molecule has 1 fully saturated rings. The molecule has 1 heterocycles. The van der Waals surface area contributed by atoms with Crippen LogP contribution in [0.5, 0.6) is 5.75 Å². The highest BCUT2D eigenvalue weighted by Gasteiger charge is 2.32. The third kappa shape index (κ3) is 4.63. The van der Waals surface area contributed by atoms with Crippen LogP contribution in [0.2, 0.25) is 0 Å². The number of benzene rings is 2. The van der Waals surface area contributed by atoms with Gasteiger partial charge in [0.15, 0.2) is 5.17 Å². The number of carbonyl (C=O) groups excluding carboxylic acids is 1. The van der Waals surface area contributed by atoms with Gasteiger partial charge in [-0.15, -0.1) is 6.58 Å². The molecule has 2 N–H and O–H groups in total. The van der Waals surface area contributed by atoms with E-state index in [1.54, 1.807) is 6.08 Å². The van der Waals surface area contributed by atoms with Crippen LogP contribution in [0.1, 0.15) is 41.3 Å². The Morgan fingerprint density at radius 3 is 2.50 bits per heavy atom. The van der Waals surface area contributed by atoms with Crippen LogP contribution in [-0.2, 0) is 4.79 Å². The van der Waals surface area contributed by atoms with Crippen molar-refractivity contribution in [3.8, 4) is 5.75 Å². The predicted molar refractivity (Wildman–Crippen MR) is 120 cm³/mol. The zero-order valence-corrected chi connectivity index (χ0v) is 17.5. The van der Waals surface area contributed by atoms with E-state index in [0.29, 0.717) is 21.7 Å². The summed E-state index contributed by atoms with van der Waals surface area (Å²) in [6.07, 6.45) is 3.43. The minimum Gasteiger partial charge on any atom is -0.507 e. The van der Waals surface area contributed by atoms with Gasteiger partial charge in [0.2, 0.25) is 0 Å². The molecular weight excluding hydrogens is 400 g/mol. The molecule has 2 aromatic carbocycles. The monoisotopic (exact) mass is 422 g/mol. The number of phenols is 1. The van der Waals surface area contributed by atoms with E-state index in [-0.39, 0.29) is 23.8 Å². The van der Waals surface area contributed by atoms with E-state index in [1.807, 2.05) is 30.3 Å². The number of carbonyl (C=O) groups is 2. The summed E-state index contributed by atoms with van der Waals surface area (Å²) in [4.78, 5) is 30.4. The van der Waals surface area contributed by atoms with Crippen molar-refractivity contribution in [2.75, 3.05) is 6.54 Å². The van der Waals surface area contributed by atoms with E-state index < -0.39 is 5.97 Å². The molecule has 3 rings (SSSR count). The van der Waals surface area contributed by atoms with Gasteiger partial charge < -0.3 is 10.2 Å². The molecule has 2 aromatic rings. The molecule has 1 aliphatic heterocycles. The Kier molecular flexibility index (Phi) is 6.42. The Hall–Kier alpha value is -3.32. The summed E-state index contributed by atoms with van der Waals surface area (Å²) in [5, 5.41) is 19.4. The molecule has 1 aliphatic rings. The van der Waals surface area contributed by atoms with Crippen LogP contribution in [0.4, 0.5) is 5.69 Å². The van der Waals surface area contributed by atoms with Crippen molar-refractivity contribution >= 4 is 40.6 Å². The predicted octanol–water partition coefficient (Wildman–Crippen LogP) is 5.00. The highest BCUT2D eigenvalue weighted by Crippen LogP contribution is 2.35. The second-order valence-electron chi connectivity index (χ2n) is 7.04. The van der Waals surface area contributed by atoms with E-state index in [4.69, 9.17) is 5.11 Å². The lowest BCUT2D eigenvalue weighted by Crippen LogP contribution is -2.29. The SMILES string of the molecule is C=CCN1C(=O)/C(=C/c2ccc(C(C)C)cc2)SC1=Nc1ccc(C(=O)O)c(O)c1. The Morgan fingerprint density at radius 1 is 1.23 bits per heavy atom. The van der Waals surface area contributed by atoms with Crippen LogP contribution in [0, 0.1) is 0 Å². The zero-order chi connectivity index (χ0) is 21.8. The van der Waals surface area contributed by atoms with Crippen LogP contribution >= 0.6 is 11.8 Å². The van der Waals surface area contributed by atoms with E-state index in [1.165, 1.54) is 40.4 Å². The quantitative estimate of drug-likeness (QED) is 0.505. The topological polar surface area (TPSA) is 90.2 Å². The Morgan fingerprint density at radius 2 is 1.93 bits per heavy atom. The number of amidine groups is 1. The minimum atomic E-state index is -1.22. The molecule has 1 saturated heterocycles. The van der Waals surface area contributed by atoms with Gasteiger partial charge in [-0.3, -0.25) is 9.69 Å². The molecule has 6 nitrogen and oxygen atoms in total. The smallest absolute Gasteiger partial charge is 0.339 e. The van der Waals surface area contributed by atoms with Crippen LogP contribution in [0.15, 0.2) is 65.0 Å². The molecule has 0 saturated carbocycles. The highest BCUT2D eigenvalue weighted by atomic mass is 32.2. The maximum absolute atomic E-state index is 12.9. The molecule has 30 heavy (non-hydrogen) atoms. The van der Waals surface area contributed by atoms with Gasteiger partial charge in [-0.05, 0) is 47.0 Å². The van der Waals surface area contributed by atoms with E-state index >= 15 is 0 Å². The average molecular weight is 423 g/mol. The largest absolute Gasteiger partial charge is 0.507 e. The normalized spacial score (nSPS) is 16.6. The molecule has 0 aliphatic carbocycles. The number of aromatic carboxylic acids is 1. The Bertz CT molecular complexity index is 1060. The number of amides is 1. The lowest BCUT2D eigenvalue weighted by atomic mass is 10.0. The fraction of sp³-hybridized carbons (Fsp3) is 0.174. The molecule has 0 atom stereocenters. The van der Waals surface area contributed by atoms with E-state index in [2.05, 4.69) is 25.4 Å². The Labute approximate surface area is 179 Å². The summed E-state index contributed by atoms with van der Waals surface area (Å²) in [5.74, 6) is -1.35. The van der Waals surface area contributed by atoms with Crippen LogP contribution in [0.3, 0.4) is 0 Å². The molecule has 1 amide bonds. The van der Waals surface area contributed by atoms with Crippen molar-refractivity contribution in [2.24, 2.45) is 4.99 Å². The van der Waals surface area contributed by atoms with Gasteiger partial charge in [-0.1, -0.05) is 44.2 Å². The van der Waals surface area contributed by atoms with Crippen molar-refractivity contribution in [3.63, 3.8) is 0 Å². The molecule has 0 radical (unpaired) electrons. The number of thioether (sulfide) groups is 1. The van der Waals surface area contributed by atoms with Gasteiger partial charge >= 0.3 is 5.97 Å². The molecule has 154 valence electrons. The summed E-state index contributed by atoms with van der Waals surface area (Å²) < 4.78 is 0. The summed E-state index contributed by atoms with van der Waals surface area (Å²) in [6.45, 7) is 8.23. The molecule has 0 aromatic heterocycles. The van der Waals surface area contributed by atoms with Gasteiger partial charge in [-0.2, -0.15) is 0 Å². The maximum Gasteiger partial charge on any atom is 0.339 e. The summed E-state index contributed by atoms with van der Waals surface area (Å²) >= 11 is 1.23. The molecular formula is C23H22N2O4S.